The van der Waals surface area contributed by atoms with Crippen LogP contribution in [0, 0.1) is 5.82 Å². The van der Waals surface area contributed by atoms with Gasteiger partial charge in [0.2, 0.25) is 0 Å². The molecule has 0 aliphatic carbocycles. The lowest BCUT2D eigenvalue weighted by Gasteiger charge is -2.07. The van der Waals surface area contributed by atoms with Gasteiger partial charge in [0.15, 0.2) is 0 Å². The number of pyridine rings is 1. The number of carbonyl (C=O) groups excluding carboxylic acids is 1. The topological polar surface area (TPSA) is 39.2 Å². The van der Waals surface area contributed by atoms with E-state index in [-0.39, 0.29) is 5.82 Å². The van der Waals surface area contributed by atoms with Crippen LogP contribution < -0.4 is 0 Å². The number of ether oxygens (including phenoxy) is 1. The lowest BCUT2D eigenvalue weighted by molar-refractivity contribution is 0.0600. The summed E-state index contributed by atoms with van der Waals surface area (Å²) in [6, 6.07) is 9.09. The van der Waals surface area contributed by atoms with Crippen LogP contribution in [-0.4, -0.2) is 18.1 Å². The van der Waals surface area contributed by atoms with Crippen LogP contribution in [0.25, 0.3) is 5.57 Å². The van der Waals surface area contributed by atoms with E-state index in [1.807, 2.05) is 0 Å². The zero-order valence-corrected chi connectivity index (χ0v) is 10.4. The van der Waals surface area contributed by atoms with E-state index in [2.05, 4.69) is 16.3 Å². The second kappa shape index (κ2) is 5.44. The Morgan fingerprint density at radius 2 is 1.89 bits per heavy atom. The molecule has 2 rings (SSSR count). The maximum atomic E-state index is 12.9. The summed E-state index contributed by atoms with van der Waals surface area (Å²) in [6.45, 7) is 3.91. The van der Waals surface area contributed by atoms with Crippen LogP contribution >= 0.6 is 0 Å². The van der Waals surface area contributed by atoms with Crippen molar-refractivity contribution in [3.05, 3.63) is 71.8 Å². The Morgan fingerprint density at radius 1 is 1.21 bits per heavy atom. The van der Waals surface area contributed by atoms with Crippen molar-refractivity contribution in [2.75, 3.05) is 7.11 Å². The van der Waals surface area contributed by atoms with Crippen molar-refractivity contribution >= 4 is 11.5 Å². The molecule has 3 nitrogen and oxygen atoms in total. The van der Waals surface area contributed by atoms with Crippen LogP contribution in [0.2, 0.25) is 0 Å². The van der Waals surface area contributed by atoms with Gasteiger partial charge in [0.1, 0.15) is 5.82 Å². The van der Waals surface area contributed by atoms with E-state index < -0.39 is 5.97 Å². The lowest BCUT2D eigenvalue weighted by Crippen LogP contribution is -2.02. The molecule has 0 spiro atoms. The van der Waals surface area contributed by atoms with E-state index in [9.17, 15) is 9.18 Å². The number of hydrogen-bond acceptors (Lipinski definition) is 3. The zero-order chi connectivity index (χ0) is 13.8. The first-order valence-corrected chi connectivity index (χ1v) is 5.61. The summed E-state index contributed by atoms with van der Waals surface area (Å²) in [7, 11) is 1.32. The van der Waals surface area contributed by atoms with Crippen LogP contribution in [0.1, 0.15) is 21.6 Å². The number of nitrogens with zero attached hydrogens (tertiary/aromatic N) is 1. The number of hydrogen-bond donors (Lipinski definition) is 0. The molecule has 0 fully saturated rings. The predicted octanol–water partition coefficient (Wildman–Crippen LogP) is 3.07. The van der Waals surface area contributed by atoms with Crippen molar-refractivity contribution in [1.82, 2.24) is 4.98 Å². The third-order valence-electron chi connectivity index (χ3n) is 2.68. The molecule has 0 aliphatic heterocycles. The van der Waals surface area contributed by atoms with Gasteiger partial charge in [-0.15, -0.1) is 0 Å². The molecule has 0 atom stereocenters. The van der Waals surface area contributed by atoms with E-state index >= 15 is 0 Å². The van der Waals surface area contributed by atoms with Gasteiger partial charge in [0, 0.05) is 11.8 Å². The number of esters is 1. The minimum Gasteiger partial charge on any atom is -0.465 e. The summed E-state index contributed by atoms with van der Waals surface area (Å²) in [6.07, 6.45) is 1.51. The highest BCUT2D eigenvalue weighted by atomic mass is 19.1. The van der Waals surface area contributed by atoms with Gasteiger partial charge in [-0.05, 0) is 29.8 Å². The Kier molecular flexibility index (Phi) is 3.71. The van der Waals surface area contributed by atoms with Gasteiger partial charge in [-0.2, -0.15) is 0 Å². The molecule has 0 saturated carbocycles. The standard InChI is InChI=1S/C15H12FNO2/c1-10(11-3-5-13(16)6-4-11)14-9-12(7-8-17-14)15(18)19-2/h3-9H,1H2,2H3. The molecule has 0 N–H and O–H groups in total. The summed E-state index contributed by atoms with van der Waals surface area (Å²) in [4.78, 5) is 15.6. The molecule has 19 heavy (non-hydrogen) atoms. The first-order valence-electron chi connectivity index (χ1n) is 5.61. The molecule has 0 bridgehead atoms. The number of aromatic nitrogens is 1. The molecule has 96 valence electrons. The van der Waals surface area contributed by atoms with Gasteiger partial charge < -0.3 is 4.74 Å². The second-order valence-corrected chi connectivity index (χ2v) is 3.91. The first-order chi connectivity index (χ1) is 9.11. The average Bonchev–Trinajstić information content (AvgIpc) is 2.46. The maximum absolute atomic E-state index is 12.9. The van der Waals surface area contributed by atoms with E-state index in [1.165, 1.54) is 25.4 Å². The number of rotatable bonds is 3. The fourth-order valence-electron chi connectivity index (χ4n) is 1.64. The maximum Gasteiger partial charge on any atom is 0.337 e. The Labute approximate surface area is 110 Å². The van der Waals surface area contributed by atoms with E-state index in [1.54, 1.807) is 24.3 Å². The van der Waals surface area contributed by atoms with E-state index in [0.29, 0.717) is 16.8 Å². The largest absolute Gasteiger partial charge is 0.465 e. The molecule has 0 saturated heterocycles. The predicted molar refractivity (Wildman–Crippen MR) is 70.1 cm³/mol. The Bertz CT molecular complexity index is 620. The van der Waals surface area contributed by atoms with Crippen LogP contribution in [0.3, 0.4) is 0 Å². The second-order valence-electron chi connectivity index (χ2n) is 3.91. The zero-order valence-electron chi connectivity index (χ0n) is 10.4. The van der Waals surface area contributed by atoms with Gasteiger partial charge in [-0.1, -0.05) is 18.7 Å². The molecule has 0 amide bonds. The normalized spacial score (nSPS) is 10.0. The van der Waals surface area contributed by atoms with Gasteiger partial charge in [0.05, 0.1) is 18.4 Å². The number of methoxy groups -OCH3 is 1. The third kappa shape index (κ3) is 2.85. The summed E-state index contributed by atoms with van der Waals surface area (Å²) in [5, 5.41) is 0. The fraction of sp³-hybridized carbons (Fsp3) is 0.0667. The molecule has 0 unspecified atom stereocenters. The van der Waals surface area contributed by atoms with E-state index in [0.717, 1.165) is 5.56 Å². The Balaban J connectivity index is 2.34. The van der Waals surface area contributed by atoms with Crippen molar-refractivity contribution in [3.8, 4) is 0 Å². The molecule has 0 radical (unpaired) electrons. The number of carbonyl (C=O) groups is 1. The molecule has 1 heterocycles. The van der Waals surface area contributed by atoms with Gasteiger partial charge in [0.25, 0.3) is 0 Å². The van der Waals surface area contributed by atoms with Crippen LogP contribution in [0.5, 0.6) is 0 Å². The molecular weight excluding hydrogens is 245 g/mol. The Morgan fingerprint density at radius 3 is 2.53 bits per heavy atom. The SMILES string of the molecule is C=C(c1ccc(F)cc1)c1cc(C(=O)OC)ccn1. The molecule has 0 aliphatic rings. The molecule has 1 aromatic heterocycles. The number of halogens is 1. The number of benzene rings is 1. The van der Waals surface area contributed by atoms with Crippen molar-refractivity contribution in [1.29, 1.82) is 0 Å². The quantitative estimate of drug-likeness (QED) is 0.793. The molecule has 2 aromatic rings. The summed E-state index contributed by atoms with van der Waals surface area (Å²) < 4.78 is 17.5. The van der Waals surface area contributed by atoms with Crippen molar-refractivity contribution in [2.24, 2.45) is 0 Å². The third-order valence-corrected chi connectivity index (χ3v) is 2.68. The van der Waals surface area contributed by atoms with Crippen LogP contribution in [0.4, 0.5) is 4.39 Å². The molecule has 1 aromatic carbocycles. The summed E-state index contributed by atoms with van der Waals surface area (Å²) in [5.41, 5.74) is 2.31. The van der Waals surface area contributed by atoms with Crippen LogP contribution in [0.15, 0.2) is 49.2 Å². The minimum absolute atomic E-state index is 0.312. The first kappa shape index (κ1) is 13.0. The Hall–Kier alpha value is -2.49. The minimum atomic E-state index is -0.435. The molecular formula is C15H12FNO2. The highest BCUT2D eigenvalue weighted by Gasteiger charge is 2.09. The monoisotopic (exact) mass is 257 g/mol. The van der Waals surface area contributed by atoms with E-state index in [4.69, 9.17) is 0 Å². The smallest absolute Gasteiger partial charge is 0.337 e. The van der Waals surface area contributed by atoms with Crippen molar-refractivity contribution in [3.63, 3.8) is 0 Å². The summed E-state index contributed by atoms with van der Waals surface area (Å²) in [5.74, 6) is -0.747. The van der Waals surface area contributed by atoms with Crippen LogP contribution in [-0.2, 0) is 4.74 Å². The van der Waals surface area contributed by atoms with Gasteiger partial charge >= 0.3 is 5.97 Å². The average molecular weight is 257 g/mol. The highest BCUT2D eigenvalue weighted by molar-refractivity contribution is 5.90. The fourth-order valence-corrected chi connectivity index (χ4v) is 1.64. The van der Waals surface area contributed by atoms with Gasteiger partial charge in [-0.25, -0.2) is 9.18 Å². The molecule has 4 heteroatoms. The summed E-state index contributed by atoms with van der Waals surface area (Å²) >= 11 is 0. The van der Waals surface area contributed by atoms with Gasteiger partial charge in [-0.3, -0.25) is 4.98 Å². The van der Waals surface area contributed by atoms with Crippen molar-refractivity contribution < 1.29 is 13.9 Å². The lowest BCUT2D eigenvalue weighted by atomic mass is 10.0. The van der Waals surface area contributed by atoms with Crippen molar-refractivity contribution in [2.45, 2.75) is 0 Å². The highest BCUT2D eigenvalue weighted by Crippen LogP contribution is 2.20.